The highest BCUT2D eigenvalue weighted by Gasteiger charge is 2.36. The number of amides is 2. The predicted molar refractivity (Wildman–Crippen MR) is 116 cm³/mol. The van der Waals surface area contributed by atoms with Crippen molar-refractivity contribution < 1.29 is 9.59 Å². The third-order valence-corrected chi connectivity index (χ3v) is 7.00. The minimum absolute atomic E-state index is 0.0363. The van der Waals surface area contributed by atoms with Gasteiger partial charge in [0.05, 0.1) is 11.8 Å². The molecule has 0 aliphatic carbocycles. The summed E-state index contributed by atoms with van der Waals surface area (Å²) in [5, 5.41) is 3.12. The van der Waals surface area contributed by atoms with Crippen molar-refractivity contribution in [1.82, 2.24) is 26.0 Å². The van der Waals surface area contributed by atoms with Crippen LogP contribution in [0.4, 0.5) is 0 Å². The largest absolute Gasteiger partial charge is 0.352 e. The maximum atomic E-state index is 12.8. The second-order valence-corrected chi connectivity index (χ2v) is 9.01. The lowest BCUT2D eigenvalue weighted by Gasteiger charge is -2.42. The molecule has 30 heavy (non-hydrogen) atoms. The number of hydrazine groups is 1. The van der Waals surface area contributed by atoms with E-state index in [-0.39, 0.29) is 29.7 Å². The Morgan fingerprint density at radius 2 is 1.87 bits per heavy atom. The lowest BCUT2D eigenvalue weighted by molar-refractivity contribution is -0.137. The van der Waals surface area contributed by atoms with Gasteiger partial charge in [0.1, 0.15) is 0 Å². The number of nitrogens with one attached hydrogen (secondary N) is 3. The first kappa shape index (κ1) is 21.3. The van der Waals surface area contributed by atoms with Gasteiger partial charge in [-0.15, -0.1) is 0 Å². The van der Waals surface area contributed by atoms with E-state index in [1.165, 1.54) is 0 Å². The van der Waals surface area contributed by atoms with Crippen molar-refractivity contribution in [3.63, 3.8) is 0 Å². The fourth-order valence-corrected chi connectivity index (χ4v) is 5.08. The first-order valence-electron chi connectivity index (χ1n) is 11.4. The standard InChI is InChI=1S/C23H35N5O2/c1-17-21(15-25-26-17)23(30)27-12-9-20(10-13-27)28-11-5-8-19(16-28)22(29)24-14-18-6-3-2-4-7-18/h2-4,6-7,17,19-21,25-26H,5,8-16H2,1H3,(H,24,29). The molecule has 1 aromatic carbocycles. The molecule has 7 heteroatoms. The molecule has 3 aliphatic rings. The molecule has 3 fully saturated rings. The van der Waals surface area contributed by atoms with E-state index in [4.69, 9.17) is 0 Å². The van der Waals surface area contributed by atoms with Gasteiger partial charge in [0, 0.05) is 44.8 Å². The smallest absolute Gasteiger partial charge is 0.228 e. The number of nitrogens with zero attached hydrogens (tertiary/aromatic N) is 2. The van der Waals surface area contributed by atoms with Gasteiger partial charge in [-0.2, -0.15) is 0 Å². The number of carbonyl (C=O) groups is 2. The first-order valence-corrected chi connectivity index (χ1v) is 11.4. The zero-order chi connectivity index (χ0) is 20.9. The second-order valence-electron chi connectivity index (χ2n) is 9.01. The van der Waals surface area contributed by atoms with Crippen LogP contribution in [0.1, 0.15) is 38.2 Å². The first-order chi connectivity index (χ1) is 14.6. The maximum absolute atomic E-state index is 12.8. The zero-order valence-electron chi connectivity index (χ0n) is 18.0. The van der Waals surface area contributed by atoms with Gasteiger partial charge in [0.25, 0.3) is 0 Å². The van der Waals surface area contributed by atoms with E-state index in [1.807, 2.05) is 35.2 Å². The summed E-state index contributed by atoms with van der Waals surface area (Å²) in [6.45, 7) is 6.93. The molecular formula is C23H35N5O2. The average molecular weight is 414 g/mol. The summed E-state index contributed by atoms with van der Waals surface area (Å²) >= 11 is 0. The Kier molecular flexibility index (Phi) is 7.02. The molecule has 3 unspecified atom stereocenters. The van der Waals surface area contributed by atoms with Gasteiger partial charge >= 0.3 is 0 Å². The molecule has 0 radical (unpaired) electrons. The van der Waals surface area contributed by atoms with Crippen LogP contribution in [0.25, 0.3) is 0 Å². The number of piperidine rings is 2. The van der Waals surface area contributed by atoms with Crippen LogP contribution in [0.15, 0.2) is 30.3 Å². The summed E-state index contributed by atoms with van der Waals surface area (Å²) in [6, 6.07) is 10.7. The molecule has 164 valence electrons. The van der Waals surface area contributed by atoms with Crippen molar-refractivity contribution in [2.45, 2.75) is 51.2 Å². The molecule has 3 heterocycles. The Morgan fingerprint density at radius 3 is 2.57 bits per heavy atom. The lowest BCUT2D eigenvalue weighted by atomic mass is 9.92. The van der Waals surface area contributed by atoms with Crippen LogP contribution >= 0.6 is 0 Å². The molecule has 0 bridgehead atoms. The van der Waals surface area contributed by atoms with Gasteiger partial charge in [-0.05, 0) is 44.7 Å². The van der Waals surface area contributed by atoms with Crippen molar-refractivity contribution in [3.05, 3.63) is 35.9 Å². The number of hydrogen-bond donors (Lipinski definition) is 3. The fraction of sp³-hybridized carbons (Fsp3) is 0.652. The van der Waals surface area contributed by atoms with Crippen LogP contribution in [-0.2, 0) is 16.1 Å². The van der Waals surface area contributed by atoms with Crippen LogP contribution in [0.5, 0.6) is 0 Å². The maximum Gasteiger partial charge on any atom is 0.228 e. The van der Waals surface area contributed by atoms with Crippen LogP contribution in [0.3, 0.4) is 0 Å². The van der Waals surface area contributed by atoms with Gasteiger partial charge in [0.15, 0.2) is 0 Å². The minimum atomic E-state index is 0.0363. The number of rotatable bonds is 5. The number of carbonyl (C=O) groups excluding carboxylic acids is 2. The Balaban J connectivity index is 1.24. The molecule has 3 atom stereocenters. The summed E-state index contributed by atoms with van der Waals surface area (Å²) in [5.74, 6) is 0.550. The van der Waals surface area contributed by atoms with E-state index < -0.39 is 0 Å². The lowest BCUT2D eigenvalue weighted by Crippen LogP contribution is -2.52. The number of likely N-dealkylation sites (tertiary alicyclic amines) is 2. The highest BCUT2D eigenvalue weighted by atomic mass is 16.2. The van der Waals surface area contributed by atoms with Crippen LogP contribution < -0.4 is 16.2 Å². The third kappa shape index (κ3) is 5.02. The molecule has 0 aromatic heterocycles. The SMILES string of the molecule is CC1NNCC1C(=O)N1CCC(N2CCCC(C(=O)NCc3ccccc3)C2)CC1. The van der Waals surface area contributed by atoms with Gasteiger partial charge in [-0.1, -0.05) is 30.3 Å². The predicted octanol–water partition coefficient (Wildman–Crippen LogP) is 1.12. The Labute approximate surface area is 179 Å². The Bertz CT molecular complexity index is 720. The van der Waals surface area contributed by atoms with E-state index in [0.29, 0.717) is 19.1 Å². The van der Waals surface area contributed by atoms with Crippen molar-refractivity contribution in [2.24, 2.45) is 11.8 Å². The van der Waals surface area contributed by atoms with E-state index >= 15 is 0 Å². The highest BCUT2D eigenvalue weighted by molar-refractivity contribution is 5.80. The summed E-state index contributed by atoms with van der Waals surface area (Å²) in [7, 11) is 0. The molecule has 0 spiro atoms. The zero-order valence-corrected chi connectivity index (χ0v) is 18.0. The third-order valence-electron chi connectivity index (χ3n) is 7.00. The van der Waals surface area contributed by atoms with E-state index in [0.717, 1.165) is 57.4 Å². The summed E-state index contributed by atoms with van der Waals surface area (Å²) in [4.78, 5) is 30.1. The molecule has 1 aromatic rings. The molecule has 3 N–H and O–H groups in total. The molecule has 7 nitrogen and oxygen atoms in total. The van der Waals surface area contributed by atoms with Gasteiger partial charge < -0.3 is 10.2 Å². The molecule has 3 aliphatic heterocycles. The molecule has 0 saturated carbocycles. The van der Waals surface area contributed by atoms with Crippen molar-refractivity contribution in [1.29, 1.82) is 0 Å². The Morgan fingerprint density at radius 1 is 1.10 bits per heavy atom. The van der Waals surface area contributed by atoms with E-state index in [2.05, 4.69) is 28.0 Å². The topological polar surface area (TPSA) is 76.7 Å². The molecular weight excluding hydrogens is 378 g/mol. The monoisotopic (exact) mass is 413 g/mol. The summed E-state index contributed by atoms with van der Waals surface area (Å²) in [5.41, 5.74) is 7.37. The van der Waals surface area contributed by atoms with Crippen molar-refractivity contribution in [3.8, 4) is 0 Å². The van der Waals surface area contributed by atoms with E-state index in [9.17, 15) is 9.59 Å². The van der Waals surface area contributed by atoms with Gasteiger partial charge in [-0.3, -0.25) is 25.3 Å². The second kappa shape index (κ2) is 9.90. The van der Waals surface area contributed by atoms with Gasteiger partial charge in [0.2, 0.25) is 11.8 Å². The molecule has 2 amide bonds. The number of hydrogen-bond acceptors (Lipinski definition) is 5. The average Bonchev–Trinajstić information content (AvgIpc) is 3.23. The Hall–Kier alpha value is -1.96. The van der Waals surface area contributed by atoms with Crippen LogP contribution in [-0.4, -0.2) is 66.4 Å². The quantitative estimate of drug-likeness (QED) is 0.674. The fourth-order valence-electron chi connectivity index (χ4n) is 5.08. The minimum Gasteiger partial charge on any atom is -0.352 e. The van der Waals surface area contributed by atoms with Crippen molar-refractivity contribution >= 4 is 11.8 Å². The van der Waals surface area contributed by atoms with Crippen LogP contribution in [0, 0.1) is 11.8 Å². The normalized spacial score (nSPS) is 28.4. The highest BCUT2D eigenvalue weighted by Crippen LogP contribution is 2.25. The van der Waals surface area contributed by atoms with Crippen molar-refractivity contribution in [2.75, 3.05) is 32.7 Å². The van der Waals surface area contributed by atoms with Crippen LogP contribution in [0.2, 0.25) is 0 Å². The van der Waals surface area contributed by atoms with E-state index in [1.54, 1.807) is 0 Å². The summed E-state index contributed by atoms with van der Waals surface area (Å²) in [6.07, 6.45) is 4.05. The number of benzene rings is 1. The van der Waals surface area contributed by atoms with Gasteiger partial charge in [-0.25, -0.2) is 0 Å². The summed E-state index contributed by atoms with van der Waals surface area (Å²) < 4.78 is 0. The molecule has 3 saturated heterocycles. The molecule has 4 rings (SSSR count).